The van der Waals surface area contributed by atoms with Crippen LogP contribution in [0.15, 0.2) is 47.4 Å². The highest BCUT2D eigenvalue weighted by Crippen LogP contribution is 2.51. The Labute approximate surface area is 157 Å². The Morgan fingerprint density at radius 2 is 1.96 bits per heavy atom. The second-order valence-electron chi connectivity index (χ2n) is 7.50. The van der Waals surface area contributed by atoms with Crippen molar-refractivity contribution in [1.29, 1.82) is 0 Å². The number of aromatic nitrogens is 1. The predicted octanol–water partition coefficient (Wildman–Crippen LogP) is 5.30. The number of likely N-dealkylation sites (N-methyl/N-ethyl adjacent to an activating group) is 1. The average molecular weight is 369 g/mol. The fraction of sp³-hybridized carbons (Fsp3) is 0.333. The highest BCUT2D eigenvalue weighted by atomic mass is 35.5. The average Bonchev–Trinajstić information content (AvgIpc) is 2.89. The van der Waals surface area contributed by atoms with E-state index in [4.69, 9.17) is 11.6 Å². The lowest BCUT2D eigenvalue weighted by Gasteiger charge is -2.36. The second-order valence-corrected chi connectivity index (χ2v) is 9.48. The van der Waals surface area contributed by atoms with Gasteiger partial charge in [0.25, 0.3) is 0 Å². The first kappa shape index (κ1) is 15.8. The van der Waals surface area contributed by atoms with Crippen LogP contribution in [0.1, 0.15) is 23.7 Å². The van der Waals surface area contributed by atoms with E-state index in [2.05, 4.69) is 65.9 Å². The highest BCUT2D eigenvalue weighted by Gasteiger charge is 2.37. The zero-order valence-electron chi connectivity index (χ0n) is 14.6. The zero-order chi connectivity index (χ0) is 17.2. The molecule has 2 aromatic carbocycles. The van der Waals surface area contributed by atoms with Crippen molar-refractivity contribution in [2.75, 3.05) is 13.6 Å². The molecule has 1 unspecified atom stereocenters. The van der Waals surface area contributed by atoms with Crippen molar-refractivity contribution in [1.82, 2.24) is 9.47 Å². The molecule has 0 spiro atoms. The van der Waals surface area contributed by atoms with Gasteiger partial charge in [-0.3, -0.25) is 0 Å². The van der Waals surface area contributed by atoms with E-state index in [-0.39, 0.29) is 4.75 Å². The monoisotopic (exact) mass is 368 g/mol. The van der Waals surface area contributed by atoms with Crippen molar-refractivity contribution < 1.29 is 0 Å². The van der Waals surface area contributed by atoms with Crippen LogP contribution in [0.25, 0.3) is 10.9 Å². The summed E-state index contributed by atoms with van der Waals surface area (Å²) in [7, 11) is 2.21. The van der Waals surface area contributed by atoms with E-state index in [1.54, 1.807) is 0 Å². The van der Waals surface area contributed by atoms with E-state index >= 15 is 0 Å². The lowest BCUT2D eigenvalue weighted by molar-refractivity contribution is 0.308. The molecule has 0 fully saturated rings. The molecule has 128 valence electrons. The Hall–Kier alpha value is -1.42. The molecule has 25 heavy (non-hydrogen) atoms. The zero-order valence-corrected chi connectivity index (χ0v) is 16.1. The second kappa shape index (κ2) is 5.54. The maximum absolute atomic E-state index is 6.52. The van der Waals surface area contributed by atoms with E-state index in [1.165, 1.54) is 32.6 Å². The minimum absolute atomic E-state index is 0.0298. The summed E-state index contributed by atoms with van der Waals surface area (Å²) in [5, 5.41) is 2.20. The molecule has 0 radical (unpaired) electrons. The van der Waals surface area contributed by atoms with Gasteiger partial charge in [0.1, 0.15) is 0 Å². The molecule has 2 aliphatic rings. The summed E-state index contributed by atoms with van der Waals surface area (Å²) in [6.45, 7) is 5.53. The molecule has 1 aromatic heterocycles. The summed E-state index contributed by atoms with van der Waals surface area (Å²) in [6, 6.07) is 15.2. The van der Waals surface area contributed by atoms with Crippen molar-refractivity contribution in [3.05, 3.63) is 64.3 Å². The molecular formula is C21H21ClN2S. The number of hydrogen-bond acceptors (Lipinski definition) is 2. The van der Waals surface area contributed by atoms with Crippen LogP contribution in [0.4, 0.5) is 0 Å². The maximum Gasteiger partial charge on any atom is 0.0626 e. The van der Waals surface area contributed by atoms with Crippen LogP contribution in [0.3, 0.4) is 0 Å². The number of thioether (sulfide) groups is 1. The summed E-state index contributed by atoms with van der Waals surface area (Å²) >= 11 is 8.48. The number of nitrogens with zero attached hydrogens (tertiary/aromatic N) is 2. The normalized spacial score (nSPS) is 23.0. The quantitative estimate of drug-likeness (QED) is 0.575. The summed E-state index contributed by atoms with van der Waals surface area (Å²) < 4.78 is 2.62. The van der Waals surface area contributed by atoms with Gasteiger partial charge >= 0.3 is 0 Å². The first-order chi connectivity index (χ1) is 12.0. The van der Waals surface area contributed by atoms with Gasteiger partial charge in [0.05, 0.1) is 10.3 Å². The third-order valence-corrected chi connectivity index (χ3v) is 7.21. The summed E-state index contributed by atoms with van der Waals surface area (Å²) in [6.07, 6.45) is 1.12. The maximum atomic E-state index is 6.52. The van der Waals surface area contributed by atoms with Crippen LogP contribution in [0.2, 0.25) is 5.02 Å². The Morgan fingerprint density at radius 3 is 2.76 bits per heavy atom. The van der Waals surface area contributed by atoms with Crippen LogP contribution in [-0.4, -0.2) is 23.1 Å². The van der Waals surface area contributed by atoms with Crippen molar-refractivity contribution in [3.63, 3.8) is 0 Å². The van der Waals surface area contributed by atoms with Gasteiger partial charge in [-0.15, -0.1) is 11.8 Å². The minimum atomic E-state index is 0.0298. The van der Waals surface area contributed by atoms with Crippen LogP contribution < -0.4 is 0 Å². The smallest absolute Gasteiger partial charge is 0.0626 e. The number of hydrogen-bond donors (Lipinski definition) is 0. The van der Waals surface area contributed by atoms with Gasteiger partial charge in [0.2, 0.25) is 0 Å². The fourth-order valence-corrected chi connectivity index (χ4v) is 6.13. The molecule has 0 N–H and O–H groups in total. The topological polar surface area (TPSA) is 8.17 Å². The van der Waals surface area contributed by atoms with Crippen molar-refractivity contribution >= 4 is 34.3 Å². The molecule has 4 heteroatoms. The lowest BCUT2D eigenvalue weighted by Crippen LogP contribution is -2.31. The van der Waals surface area contributed by atoms with E-state index in [0.717, 1.165) is 31.1 Å². The molecule has 5 rings (SSSR count). The van der Waals surface area contributed by atoms with Crippen LogP contribution in [0.5, 0.6) is 0 Å². The highest BCUT2D eigenvalue weighted by molar-refractivity contribution is 8.00. The molecular weight excluding hydrogens is 348 g/mol. The molecule has 0 aliphatic carbocycles. The van der Waals surface area contributed by atoms with Gasteiger partial charge < -0.3 is 9.47 Å². The molecule has 0 saturated carbocycles. The Balaban J connectivity index is 1.76. The Morgan fingerprint density at radius 1 is 1.16 bits per heavy atom. The van der Waals surface area contributed by atoms with E-state index in [9.17, 15) is 0 Å². The van der Waals surface area contributed by atoms with Crippen molar-refractivity contribution in [2.24, 2.45) is 0 Å². The van der Waals surface area contributed by atoms with Crippen LogP contribution in [-0.2, 0) is 24.3 Å². The molecule has 0 bridgehead atoms. The van der Waals surface area contributed by atoms with Crippen LogP contribution in [0, 0.1) is 0 Å². The number of halogens is 1. The van der Waals surface area contributed by atoms with Crippen LogP contribution >= 0.6 is 23.4 Å². The van der Waals surface area contributed by atoms with Gasteiger partial charge in [0, 0.05) is 47.1 Å². The minimum Gasteiger partial charge on any atom is -0.342 e. The lowest BCUT2D eigenvalue weighted by atomic mass is 9.99. The van der Waals surface area contributed by atoms with E-state index in [0.29, 0.717) is 0 Å². The first-order valence-electron chi connectivity index (χ1n) is 8.82. The third-order valence-electron chi connectivity index (χ3n) is 5.65. The van der Waals surface area contributed by atoms with E-state index in [1.807, 2.05) is 11.8 Å². The van der Waals surface area contributed by atoms with Gasteiger partial charge in [0.15, 0.2) is 0 Å². The number of benzene rings is 2. The summed E-state index contributed by atoms with van der Waals surface area (Å²) in [5.41, 5.74) is 5.77. The largest absolute Gasteiger partial charge is 0.342 e. The van der Waals surface area contributed by atoms with E-state index < -0.39 is 0 Å². The molecule has 3 aromatic rings. The molecule has 1 atom stereocenters. The number of rotatable bonds is 1. The SMILES string of the molecule is CN1CCc2c(c3cc(Cl)cc4c3n2CC(C)(c2ccccc2)S4)C1. The van der Waals surface area contributed by atoms with Gasteiger partial charge in [-0.2, -0.15) is 0 Å². The third kappa shape index (κ3) is 2.37. The molecule has 3 heterocycles. The van der Waals surface area contributed by atoms with Gasteiger partial charge in [-0.25, -0.2) is 0 Å². The predicted molar refractivity (Wildman–Crippen MR) is 107 cm³/mol. The standard InChI is InChI=1S/C21H21ClN2S/c1-21(14-6-4-3-5-7-14)13-24-18-8-9-23(2)12-17(18)16-10-15(22)11-19(25-21)20(16)24/h3-7,10-11H,8-9,12-13H2,1-2H3. The Kier molecular flexibility index (Phi) is 3.50. The number of fused-ring (bicyclic) bond motifs is 3. The fourth-order valence-electron chi connectivity index (χ4n) is 4.41. The van der Waals surface area contributed by atoms with Gasteiger partial charge in [-0.1, -0.05) is 41.9 Å². The molecule has 0 amide bonds. The van der Waals surface area contributed by atoms with Crippen molar-refractivity contribution in [3.8, 4) is 0 Å². The first-order valence-corrected chi connectivity index (χ1v) is 10.0. The van der Waals surface area contributed by atoms with Gasteiger partial charge in [-0.05, 0) is 37.2 Å². The molecule has 2 aliphatic heterocycles. The summed E-state index contributed by atoms with van der Waals surface area (Å²) in [5.74, 6) is 0. The molecule has 0 saturated heterocycles. The molecule has 2 nitrogen and oxygen atoms in total. The van der Waals surface area contributed by atoms with Crippen molar-refractivity contribution in [2.45, 2.75) is 36.1 Å². The summed E-state index contributed by atoms with van der Waals surface area (Å²) in [4.78, 5) is 3.73. The Bertz CT molecular complexity index is 979.